The zero-order chi connectivity index (χ0) is 31.3. The van der Waals surface area contributed by atoms with Crippen molar-refractivity contribution >= 4 is 23.6 Å². The molecule has 226 valence electrons. The van der Waals surface area contributed by atoms with E-state index in [2.05, 4.69) is 19.1 Å². The Morgan fingerprint density at radius 2 is 1.59 bits per heavy atom. The first-order valence-corrected chi connectivity index (χ1v) is 14.8. The van der Waals surface area contributed by atoms with E-state index >= 15 is 0 Å². The Labute approximate surface area is 256 Å². The quantitative estimate of drug-likeness (QED) is 0.321. The average Bonchev–Trinajstić information content (AvgIpc) is 3.32. The summed E-state index contributed by atoms with van der Waals surface area (Å²) in [6.45, 7) is 5.02. The highest BCUT2D eigenvalue weighted by Crippen LogP contribution is 2.35. The largest absolute Gasteiger partial charge is 0.508 e. The Hall–Kier alpha value is -5.05. The van der Waals surface area contributed by atoms with E-state index in [9.17, 15) is 24.6 Å². The monoisotopic (exact) mass is 592 g/mol. The zero-order valence-corrected chi connectivity index (χ0v) is 25.4. The van der Waals surface area contributed by atoms with Crippen molar-refractivity contribution in [1.29, 1.82) is 0 Å². The van der Waals surface area contributed by atoms with Crippen LogP contribution in [0.1, 0.15) is 55.6 Å². The highest BCUT2D eigenvalue weighted by molar-refractivity contribution is 6.08. The normalized spacial score (nSPS) is 15.9. The molecule has 6 rings (SSSR count). The van der Waals surface area contributed by atoms with Gasteiger partial charge in [-0.2, -0.15) is 0 Å². The van der Waals surface area contributed by atoms with Crippen LogP contribution in [-0.2, 0) is 33.0 Å². The van der Waals surface area contributed by atoms with Crippen molar-refractivity contribution in [3.05, 3.63) is 106 Å². The third kappa shape index (κ3) is 5.08. The lowest BCUT2D eigenvalue weighted by atomic mass is 9.90. The van der Waals surface area contributed by atoms with Gasteiger partial charge in [0.05, 0.1) is 5.56 Å². The number of benzene rings is 3. The van der Waals surface area contributed by atoms with E-state index in [4.69, 9.17) is 0 Å². The second-order valence-corrected chi connectivity index (χ2v) is 11.8. The Bertz CT molecular complexity index is 1790. The first kappa shape index (κ1) is 29.0. The zero-order valence-electron chi connectivity index (χ0n) is 25.4. The standard InChI is InChI=1S/C35H36N4O5/c1-21-15-23-7-5-6-8-25(23)20-39(21)34(42)31-17-26-19-38(35(43)44)14-13-24(26)16-30(31)32-18-29(22(2)36(32)3)33(41)37(4)27-9-11-28(40)12-10-27/h5-12,16-18,21,40H,13-15,19-20H2,1-4H3,(H,43,44)/t21-/m1/s1. The third-order valence-electron chi connectivity index (χ3n) is 9.20. The molecular weight excluding hydrogens is 556 g/mol. The van der Waals surface area contributed by atoms with Crippen LogP contribution in [0.25, 0.3) is 11.3 Å². The van der Waals surface area contributed by atoms with Gasteiger partial charge in [0.25, 0.3) is 11.8 Å². The van der Waals surface area contributed by atoms with E-state index in [1.165, 1.54) is 15.4 Å². The second kappa shape index (κ2) is 11.2. The Balaban J connectivity index is 1.44. The van der Waals surface area contributed by atoms with Crippen molar-refractivity contribution in [3.63, 3.8) is 0 Å². The molecule has 0 saturated carbocycles. The van der Waals surface area contributed by atoms with Gasteiger partial charge >= 0.3 is 6.09 Å². The summed E-state index contributed by atoms with van der Waals surface area (Å²) < 4.78 is 1.94. The van der Waals surface area contributed by atoms with Gasteiger partial charge in [-0.25, -0.2) is 4.79 Å². The Morgan fingerprint density at radius 1 is 0.886 bits per heavy atom. The Kier molecular flexibility index (Phi) is 7.41. The number of carbonyl (C=O) groups is 3. The smallest absolute Gasteiger partial charge is 0.407 e. The van der Waals surface area contributed by atoms with E-state index in [-0.39, 0.29) is 30.2 Å². The summed E-state index contributed by atoms with van der Waals surface area (Å²) in [5, 5.41) is 19.4. The summed E-state index contributed by atoms with van der Waals surface area (Å²) in [6, 6.07) is 20.3. The lowest BCUT2D eigenvalue weighted by Crippen LogP contribution is -2.43. The molecule has 0 fully saturated rings. The molecule has 2 aliphatic heterocycles. The van der Waals surface area contributed by atoms with Gasteiger partial charge in [0, 0.05) is 68.0 Å². The number of fused-ring (bicyclic) bond motifs is 2. The number of anilines is 1. The molecule has 0 radical (unpaired) electrons. The fourth-order valence-corrected chi connectivity index (χ4v) is 6.42. The van der Waals surface area contributed by atoms with Gasteiger partial charge in [-0.05, 0) is 91.4 Å². The molecular formula is C35H36N4O5. The lowest BCUT2D eigenvalue weighted by Gasteiger charge is -2.36. The van der Waals surface area contributed by atoms with Gasteiger partial charge in [0.1, 0.15) is 5.75 Å². The van der Waals surface area contributed by atoms with Crippen LogP contribution in [-0.4, -0.2) is 62.1 Å². The molecule has 2 aliphatic rings. The van der Waals surface area contributed by atoms with Gasteiger partial charge in [-0.3, -0.25) is 9.59 Å². The van der Waals surface area contributed by atoms with Crippen molar-refractivity contribution in [3.8, 4) is 17.0 Å². The number of aromatic hydroxyl groups is 1. The van der Waals surface area contributed by atoms with Crippen molar-refractivity contribution in [2.45, 2.75) is 45.8 Å². The van der Waals surface area contributed by atoms with Crippen LogP contribution in [0.2, 0.25) is 0 Å². The van der Waals surface area contributed by atoms with Gasteiger partial charge in [-0.1, -0.05) is 24.3 Å². The van der Waals surface area contributed by atoms with Crippen molar-refractivity contribution in [2.75, 3.05) is 18.5 Å². The van der Waals surface area contributed by atoms with Crippen LogP contribution in [0.15, 0.2) is 66.7 Å². The molecule has 0 saturated heterocycles. The van der Waals surface area contributed by atoms with Gasteiger partial charge in [-0.15, -0.1) is 0 Å². The number of carboxylic acid groups (broad SMARTS) is 1. The maximum atomic E-state index is 14.5. The average molecular weight is 593 g/mol. The first-order chi connectivity index (χ1) is 21.0. The predicted molar refractivity (Wildman–Crippen MR) is 168 cm³/mol. The van der Waals surface area contributed by atoms with E-state index < -0.39 is 6.09 Å². The third-order valence-corrected chi connectivity index (χ3v) is 9.20. The molecule has 0 unspecified atom stereocenters. The van der Waals surface area contributed by atoms with Gasteiger partial charge in [0.15, 0.2) is 0 Å². The highest BCUT2D eigenvalue weighted by Gasteiger charge is 2.32. The minimum absolute atomic E-state index is 0.0250. The van der Waals surface area contributed by atoms with Crippen molar-refractivity contribution in [1.82, 2.24) is 14.4 Å². The molecule has 1 atom stereocenters. The fraction of sp³-hybridized carbons (Fsp3) is 0.286. The summed E-state index contributed by atoms with van der Waals surface area (Å²) in [5.41, 5.74) is 8.04. The molecule has 4 aromatic rings. The highest BCUT2D eigenvalue weighted by atomic mass is 16.4. The van der Waals surface area contributed by atoms with E-state index in [0.29, 0.717) is 36.3 Å². The first-order valence-electron chi connectivity index (χ1n) is 14.8. The fourth-order valence-electron chi connectivity index (χ4n) is 6.42. The molecule has 3 heterocycles. The molecule has 1 aromatic heterocycles. The Morgan fingerprint density at radius 3 is 2.30 bits per heavy atom. The summed E-state index contributed by atoms with van der Waals surface area (Å²) in [5.74, 6) is -0.209. The van der Waals surface area contributed by atoms with Crippen molar-refractivity contribution in [2.24, 2.45) is 7.05 Å². The molecule has 44 heavy (non-hydrogen) atoms. The van der Waals surface area contributed by atoms with Gasteiger partial charge < -0.3 is 29.5 Å². The number of hydrogen-bond donors (Lipinski definition) is 2. The van der Waals surface area contributed by atoms with Crippen LogP contribution < -0.4 is 4.90 Å². The molecule has 9 heteroatoms. The lowest BCUT2D eigenvalue weighted by molar-refractivity contribution is 0.0658. The molecule has 9 nitrogen and oxygen atoms in total. The summed E-state index contributed by atoms with van der Waals surface area (Å²) in [6.07, 6.45) is 0.309. The maximum absolute atomic E-state index is 14.5. The number of phenols is 1. The molecule has 3 aromatic carbocycles. The number of rotatable bonds is 4. The predicted octanol–water partition coefficient (Wildman–Crippen LogP) is 5.61. The number of phenolic OH excluding ortho intramolecular Hbond substituents is 1. The molecule has 0 bridgehead atoms. The maximum Gasteiger partial charge on any atom is 0.407 e. The minimum Gasteiger partial charge on any atom is -0.508 e. The number of nitrogens with zero attached hydrogens (tertiary/aromatic N) is 4. The van der Waals surface area contributed by atoms with Crippen molar-refractivity contribution < 1.29 is 24.6 Å². The van der Waals surface area contributed by atoms with Crippen LogP contribution in [0.3, 0.4) is 0 Å². The summed E-state index contributed by atoms with van der Waals surface area (Å²) in [7, 11) is 3.58. The molecule has 2 N–H and O–H groups in total. The molecule has 0 spiro atoms. The second-order valence-electron chi connectivity index (χ2n) is 11.8. The number of hydrogen-bond acceptors (Lipinski definition) is 4. The summed E-state index contributed by atoms with van der Waals surface area (Å²) >= 11 is 0. The van der Waals surface area contributed by atoms with E-state index in [1.54, 1.807) is 31.3 Å². The topological polar surface area (TPSA) is 106 Å². The number of amides is 3. The van der Waals surface area contributed by atoms with E-state index in [1.807, 2.05) is 53.8 Å². The van der Waals surface area contributed by atoms with Crippen LogP contribution >= 0.6 is 0 Å². The minimum atomic E-state index is -0.979. The van der Waals surface area contributed by atoms with E-state index in [0.717, 1.165) is 40.1 Å². The number of carbonyl (C=O) groups excluding carboxylic acids is 2. The van der Waals surface area contributed by atoms with Crippen LogP contribution in [0, 0.1) is 6.92 Å². The number of aromatic nitrogens is 1. The van der Waals surface area contributed by atoms with Gasteiger partial charge in [0.2, 0.25) is 0 Å². The van der Waals surface area contributed by atoms with Crippen LogP contribution in [0.5, 0.6) is 5.75 Å². The molecule has 3 amide bonds. The SMILES string of the molecule is Cc1c(C(=O)N(C)c2ccc(O)cc2)cc(-c2cc3c(cc2C(=O)N2Cc4ccccc4C[C@H]2C)CN(C(=O)O)CC3)n1C. The summed E-state index contributed by atoms with van der Waals surface area (Å²) in [4.78, 5) is 44.8. The molecule has 0 aliphatic carbocycles. The van der Waals surface area contributed by atoms with Crippen LogP contribution in [0.4, 0.5) is 10.5 Å².